The molecule has 0 spiro atoms. The van der Waals surface area contributed by atoms with Crippen LogP contribution < -0.4 is 15.5 Å². The van der Waals surface area contributed by atoms with Crippen molar-refractivity contribution in [1.82, 2.24) is 0 Å². The lowest BCUT2D eigenvalue weighted by Crippen LogP contribution is -2.14. The van der Waals surface area contributed by atoms with Crippen LogP contribution in [0.2, 0.25) is 0 Å². The maximum Gasteiger partial charge on any atom is 0.0502 e. The van der Waals surface area contributed by atoms with Crippen molar-refractivity contribution in [2.45, 2.75) is 52.4 Å². The van der Waals surface area contributed by atoms with Gasteiger partial charge in [0.1, 0.15) is 0 Å². The van der Waals surface area contributed by atoms with E-state index in [1.165, 1.54) is 11.1 Å². The smallest absolute Gasteiger partial charge is 0.0502 e. The minimum atomic E-state index is 0.527. The van der Waals surface area contributed by atoms with E-state index in [9.17, 15) is 0 Å². The molecule has 5 aromatic carbocycles. The Kier molecular flexibility index (Phi) is 8.74. The molecule has 0 bridgehead atoms. The number of hydrogen-bond acceptors (Lipinski definition) is 3. The van der Waals surface area contributed by atoms with Crippen LogP contribution in [-0.2, 0) is 0 Å². The number of benzene rings is 5. The number of hydrogen-bond donors (Lipinski definition) is 1. The van der Waals surface area contributed by atoms with Crippen LogP contribution in [0.1, 0.15) is 63.5 Å². The molecule has 2 N–H and O–H groups in total. The molecule has 0 aliphatic carbocycles. The Labute approximate surface area is 245 Å². The molecule has 2 unspecified atom stereocenters. The first-order valence-electron chi connectivity index (χ1n) is 14.8. The number of para-hydroxylation sites is 2. The molecule has 0 aromatic heterocycles. The van der Waals surface area contributed by atoms with Gasteiger partial charge < -0.3 is 15.5 Å². The molecule has 0 amide bonds. The summed E-state index contributed by atoms with van der Waals surface area (Å²) in [5, 5.41) is 0. The Bertz CT molecular complexity index is 1410. The third-order valence-corrected chi connectivity index (χ3v) is 8.14. The van der Waals surface area contributed by atoms with Gasteiger partial charge in [0.05, 0.1) is 11.4 Å². The van der Waals surface area contributed by atoms with E-state index >= 15 is 0 Å². The van der Waals surface area contributed by atoms with Crippen molar-refractivity contribution in [3.63, 3.8) is 0 Å². The van der Waals surface area contributed by atoms with E-state index in [0.29, 0.717) is 17.5 Å². The average Bonchev–Trinajstić information content (AvgIpc) is 3.02. The minimum absolute atomic E-state index is 0.527. The van der Waals surface area contributed by atoms with Crippen LogP contribution in [0.4, 0.5) is 39.8 Å². The number of rotatable bonds is 10. The normalized spacial score (nSPS) is 12.5. The first-order chi connectivity index (χ1) is 20.0. The zero-order valence-corrected chi connectivity index (χ0v) is 24.7. The van der Waals surface area contributed by atoms with E-state index in [0.717, 1.165) is 47.0 Å². The van der Waals surface area contributed by atoms with Gasteiger partial charge in [0.25, 0.3) is 0 Å². The van der Waals surface area contributed by atoms with E-state index in [1.807, 2.05) is 0 Å². The zero-order valence-electron chi connectivity index (χ0n) is 24.7. The number of nitrogens with zero attached hydrogens (tertiary/aromatic N) is 2. The highest BCUT2D eigenvalue weighted by Gasteiger charge is 2.19. The molecule has 208 valence electrons. The van der Waals surface area contributed by atoms with Gasteiger partial charge in [-0.25, -0.2) is 0 Å². The minimum Gasteiger partial charge on any atom is -0.399 e. The van der Waals surface area contributed by atoms with Gasteiger partial charge in [0, 0.05) is 28.4 Å². The summed E-state index contributed by atoms with van der Waals surface area (Å²) >= 11 is 0. The van der Waals surface area contributed by atoms with Crippen LogP contribution in [0.15, 0.2) is 127 Å². The second-order valence-corrected chi connectivity index (χ2v) is 10.9. The fourth-order valence-electron chi connectivity index (χ4n) is 5.30. The van der Waals surface area contributed by atoms with E-state index in [1.54, 1.807) is 0 Å². The van der Waals surface area contributed by atoms with Crippen LogP contribution in [0.25, 0.3) is 0 Å². The van der Waals surface area contributed by atoms with Crippen molar-refractivity contribution in [3.8, 4) is 0 Å². The number of anilines is 7. The SMILES string of the molecule is CCC(C)c1ccc(N(c2ccccc2)c2cc(N)cc(N(c3ccccc3)c3ccc(C(C)CC)cc3)c2)cc1. The van der Waals surface area contributed by atoms with Crippen LogP contribution in [0, 0.1) is 0 Å². The van der Waals surface area contributed by atoms with E-state index in [4.69, 9.17) is 5.73 Å². The Morgan fingerprint density at radius 1 is 0.463 bits per heavy atom. The molecule has 0 radical (unpaired) electrons. The molecule has 41 heavy (non-hydrogen) atoms. The monoisotopic (exact) mass is 539 g/mol. The first kappa shape index (κ1) is 28.0. The third kappa shape index (κ3) is 6.30. The van der Waals surface area contributed by atoms with Crippen molar-refractivity contribution < 1.29 is 0 Å². The van der Waals surface area contributed by atoms with Crippen LogP contribution in [0.3, 0.4) is 0 Å². The molecule has 0 saturated heterocycles. The molecule has 3 heteroatoms. The second-order valence-electron chi connectivity index (χ2n) is 10.9. The van der Waals surface area contributed by atoms with Gasteiger partial charge in [-0.05, 0) is 103 Å². The van der Waals surface area contributed by atoms with Crippen LogP contribution >= 0.6 is 0 Å². The Hall–Kier alpha value is -4.50. The van der Waals surface area contributed by atoms with E-state index in [2.05, 4.69) is 165 Å². The molecular formula is C38H41N3. The molecule has 0 heterocycles. The highest BCUT2D eigenvalue weighted by molar-refractivity contribution is 5.85. The Morgan fingerprint density at radius 2 is 0.805 bits per heavy atom. The largest absolute Gasteiger partial charge is 0.399 e. The first-order valence-corrected chi connectivity index (χ1v) is 14.8. The van der Waals surface area contributed by atoms with Crippen LogP contribution in [0.5, 0.6) is 0 Å². The van der Waals surface area contributed by atoms with Crippen LogP contribution in [-0.4, -0.2) is 0 Å². The highest BCUT2D eigenvalue weighted by Crippen LogP contribution is 2.42. The topological polar surface area (TPSA) is 32.5 Å². The van der Waals surface area contributed by atoms with Gasteiger partial charge in [0.15, 0.2) is 0 Å². The highest BCUT2D eigenvalue weighted by atomic mass is 15.2. The van der Waals surface area contributed by atoms with Crippen molar-refractivity contribution in [2.24, 2.45) is 0 Å². The van der Waals surface area contributed by atoms with E-state index < -0.39 is 0 Å². The fraction of sp³-hybridized carbons (Fsp3) is 0.211. The van der Waals surface area contributed by atoms with Gasteiger partial charge in [-0.15, -0.1) is 0 Å². The van der Waals surface area contributed by atoms with Crippen molar-refractivity contribution in [3.05, 3.63) is 139 Å². The van der Waals surface area contributed by atoms with Crippen molar-refractivity contribution in [2.75, 3.05) is 15.5 Å². The van der Waals surface area contributed by atoms with Crippen molar-refractivity contribution in [1.29, 1.82) is 0 Å². The standard InChI is InChI=1S/C38H41N3/c1-5-28(3)30-17-21-35(22-18-30)40(33-13-9-7-10-14-33)37-25-32(39)26-38(27-37)41(34-15-11-8-12-16-34)36-23-19-31(20-24-36)29(4)6-2/h7-29H,5-6,39H2,1-4H3. The van der Waals surface area contributed by atoms with Gasteiger partial charge >= 0.3 is 0 Å². The van der Waals surface area contributed by atoms with Gasteiger partial charge in [-0.1, -0.05) is 88.4 Å². The summed E-state index contributed by atoms with van der Waals surface area (Å²) in [4.78, 5) is 4.57. The average molecular weight is 540 g/mol. The summed E-state index contributed by atoms with van der Waals surface area (Å²) in [6.07, 6.45) is 2.24. The predicted molar refractivity (Wildman–Crippen MR) is 178 cm³/mol. The zero-order chi connectivity index (χ0) is 28.8. The third-order valence-electron chi connectivity index (χ3n) is 8.14. The summed E-state index contributed by atoms with van der Waals surface area (Å²) in [6.45, 7) is 9.03. The molecule has 5 rings (SSSR count). The lowest BCUT2D eigenvalue weighted by atomic mass is 9.98. The summed E-state index contributed by atoms with van der Waals surface area (Å²) < 4.78 is 0. The molecule has 5 aromatic rings. The fourth-order valence-corrected chi connectivity index (χ4v) is 5.30. The maximum atomic E-state index is 6.66. The summed E-state index contributed by atoms with van der Waals surface area (Å²) in [5.74, 6) is 1.05. The van der Waals surface area contributed by atoms with Crippen molar-refractivity contribution >= 4 is 39.8 Å². The van der Waals surface area contributed by atoms with Gasteiger partial charge in [-0.3, -0.25) is 0 Å². The Balaban J connectivity index is 1.64. The maximum absolute atomic E-state index is 6.66. The van der Waals surface area contributed by atoms with E-state index in [-0.39, 0.29) is 0 Å². The van der Waals surface area contributed by atoms with Gasteiger partial charge in [-0.2, -0.15) is 0 Å². The molecule has 0 aliphatic heterocycles. The lowest BCUT2D eigenvalue weighted by molar-refractivity contribution is 0.733. The molecule has 0 fully saturated rings. The van der Waals surface area contributed by atoms with Gasteiger partial charge in [0.2, 0.25) is 0 Å². The lowest BCUT2D eigenvalue weighted by Gasteiger charge is -2.30. The number of nitrogens with two attached hydrogens (primary N) is 1. The predicted octanol–water partition coefficient (Wildman–Crippen LogP) is 11.2. The molecule has 0 aliphatic rings. The summed E-state index contributed by atoms with van der Waals surface area (Å²) in [7, 11) is 0. The molecule has 3 nitrogen and oxygen atoms in total. The summed E-state index contributed by atoms with van der Waals surface area (Å²) in [6, 6.07) is 45.3. The molecular weight excluding hydrogens is 498 g/mol. The molecule has 0 saturated carbocycles. The summed E-state index contributed by atoms with van der Waals surface area (Å²) in [5.41, 5.74) is 16.5. The second kappa shape index (κ2) is 12.8. The number of nitrogen functional groups attached to an aromatic ring is 1. The quantitative estimate of drug-likeness (QED) is 0.179. The molecule has 2 atom stereocenters. The Morgan fingerprint density at radius 3 is 1.15 bits per heavy atom.